The predicted molar refractivity (Wildman–Crippen MR) is 110 cm³/mol. The van der Waals surface area contributed by atoms with Crippen molar-refractivity contribution in [3.63, 3.8) is 0 Å². The van der Waals surface area contributed by atoms with Crippen molar-refractivity contribution in [2.45, 2.75) is 12.3 Å². The Morgan fingerprint density at radius 3 is 2.77 bits per heavy atom. The highest BCUT2D eigenvalue weighted by Crippen LogP contribution is 2.38. The number of aromatic nitrogens is 8. The molecule has 158 valence electrons. The van der Waals surface area contributed by atoms with Crippen LogP contribution in [0.5, 0.6) is 0 Å². The van der Waals surface area contributed by atoms with Crippen molar-refractivity contribution < 1.29 is 13.3 Å². The van der Waals surface area contributed by atoms with E-state index in [1.54, 1.807) is 46.9 Å². The molecule has 5 heterocycles. The second-order valence-electron chi connectivity index (χ2n) is 7.69. The third kappa shape index (κ3) is 3.50. The molecule has 0 saturated heterocycles. The van der Waals surface area contributed by atoms with Crippen LogP contribution in [0.3, 0.4) is 0 Å². The molecular formula is C19H17F2N8OP. The lowest BCUT2D eigenvalue weighted by Crippen LogP contribution is -2.26. The molecule has 5 aromatic rings. The van der Waals surface area contributed by atoms with Crippen LogP contribution in [0.4, 0.5) is 8.78 Å². The van der Waals surface area contributed by atoms with Crippen LogP contribution in [-0.4, -0.2) is 52.5 Å². The smallest absolute Gasteiger partial charge is 0.323 e. The largest absolute Gasteiger partial charge is 0.375 e. The number of fused-ring (bicyclic) bond motifs is 2. The van der Waals surface area contributed by atoms with Gasteiger partial charge in [0, 0.05) is 29.7 Å². The molecule has 0 fully saturated rings. The van der Waals surface area contributed by atoms with Crippen molar-refractivity contribution in [1.82, 2.24) is 39.1 Å². The fraction of sp³-hybridized carbons (Fsp3) is 0.211. The molecule has 5 aromatic heterocycles. The van der Waals surface area contributed by atoms with Gasteiger partial charge < -0.3 is 8.97 Å². The molecule has 0 aliphatic carbocycles. The second kappa shape index (κ2) is 6.78. The molecule has 0 radical (unpaired) electrons. The minimum atomic E-state index is -3.50. The molecule has 0 bridgehead atoms. The van der Waals surface area contributed by atoms with Gasteiger partial charge in [0.05, 0.1) is 29.9 Å². The van der Waals surface area contributed by atoms with Crippen molar-refractivity contribution in [1.29, 1.82) is 0 Å². The van der Waals surface area contributed by atoms with E-state index in [0.29, 0.717) is 15.9 Å². The molecule has 0 aromatic carbocycles. The summed E-state index contributed by atoms with van der Waals surface area (Å²) < 4.78 is 46.3. The summed E-state index contributed by atoms with van der Waals surface area (Å²) in [6, 6.07) is 3.05. The summed E-state index contributed by atoms with van der Waals surface area (Å²) in [6.45, 7) is 3.33. The second-order valence-corrected chi connectivity index (χ2v) is 11.1. The van der Waals surface area contributed by atoms with Gasteiger partial charge in [0.15, 0.2) is 0 Å². The lowest BCUT2D eigenvalue weighted by Gasteiger charge is -2.17. The van der Waals surface area contributed by atoms with Gasteiger partial charge in [-0.15, -0.1) is 5.10 Å². The van der Waals surface area contributed by atoms with Crippen molar-refractivity contribution in [2.75, 3.05) is 13.3 Å². The summed E-state index contributed by atoms with van der Waals surface area (Å²) in [5, 5.41) is 11.5. The molecule has 0 aliphatic heterocycles. The van der Waals surface area contributed by atoms with Gasteiger partial charge in [0.25, 0.3) is 0 Å². The van der Waals surface area contributed by atoms with Crippen LogP contribution in [0, 0.1) is 0 Å². The van der Waals surface area contributed by atoms with E-state index >= 15 is 8.78 Å². The molecule has 31 heavy (non-hydrogen) atoms. The number of alkyl halides is 2. The third-order valence-electron chi connectivity index (χ3n) is 4.72. The first kappa shape index (κ1) is 19.5. The summed E-state index contributed by atoms with van der Waals surface area (Å²) in [6.07, 6.45) is 7.90. The van der Waals surface area contributed by atoms with E-state index in [4.69, 9.17) is 0 Å². The summed E-state index contributed by atoms with van der Waals surface area (Å²) in [5.41, 5.74) is 1.29. The van der Waals surface area contributed by atoms with Crippen LogP contribution in [0.2, 0.25) is 0 Å². The predicted octanol–water partition coefficient (Wildman–Crippen LogP) is 3.52. The lowest BCUT2D eigenvalue weighted by molar-refractivity contribution is -0.0463. The SMILES string of the molecule is CP(C)(=O)Cn1cc(-c2cnc3nnn(C(F)(F)c4ccc5cccn5c4)c3n2)cn1. The van der Waals surface area contributed by atoms with Crippen LogP contribution in [0.15, 0.2) is 55.2 Å². The van der Waals surface area contributed by atoms with Crippen molar-refractivity contribution in [3.8, 4) is 11.3 Å². The maximum atomic E-state index is 15.3. The molecule has 0 amide bonds. The molecule has 5 rings (SSSR count). The van der Waals surface area contributed by atoms with Crippen LogP contribution in [-0.2, 0) is 16.9 Å². The zero-order valence-corrected chi connectivity index (χ0v) is 17.5. The Labute approximate surface area is 174 Å². The van der Waals surface area contributed by atoms with Crippen molar-refractivity contribution in [2.24, 2.45) is 0 Å². The molecule has 12 heteroatoms. The molecule has 0 aliphatic rings. The van der Waals surface area contributed by atoms with Gasteiger partial charge in [-0.3, -0.25) is 4.68 Å². The average molecular weight is 442 g/mol. The van der Waals surface area contributed by atoms with Gasteiger partial charge in [-0.2, -0.15) is 18.6 Å². The van der Waals surface area contributed by atoms with Gasteiger partial charge in [-0.1, -0.05) is 5.21 Å². The van der Waals surface area contributed by atoms with Crippen LogP contribution >= 0.6 is 7.14 Å². The molecule has 0 unspecified atom stereocenters. The van der Waals surface area contributed by atoms with E-state index in [0.717, 1.165) is 5.52 Å². The summed E-state index contributed by atoms with van der Waals surface area (Å²) in [4.78, 5) is 8.45. The normalized spacial score (nSPS) is 12.8. The first-order valence-corrected chi connectivity index (χ1v) is 12.1. The Bertz CT molecular complexity index is 1460. The van der Waals surface area contributed by atoms with E-state index < -0.39 is 13.2 Å². The van der Waals surface area contributed by atoms with Gasteiger partial charge in [0.1, 0.15) is 7.14 Å². The van der Waals surface area contributed by atoms with Gasteiger partial charge >= 0.3 is 6.05 Å². The number of pyridine rings is 1. The average Bonchev–Trinajstić information content (AvgIpc) is 3.44. The summed E-state index contributed by atoms with van der Waals surface area (Å²) in [7, 11) is -2.33. The fourth-order valence-corrected chi connectivity index (χ4v) is 4.15. The number of hydrogen-bond acceptors (Lipinski definition) is 6. The maximum absolute atomic E-state index is 15.3. The van der Waals surface area contributed by atoms with Gasteiger partial charge in [-0.25, -0.2) is 9.97 Å². The minimum absolute atomic E-state index is 0.00414. The molecule has 0 atom stereocenters. The van der Waals surface area contributed by atoms with E-state index in [1.165, 1.54) is 24.7 Å². The zero-order chi connectivity index (χ0) is 21.8. The first-order chi connectivity index (χ1) is 14.7. The maximum Gasteiger partial charge on any atom is 0.375 e. The topological polar surface area (TPSA) is 95.8 Å². The minimum Gasteiger partial charge on any atom is -0.323 e. The molecule has 0 saturated carbocycles. The van der Waals surface area contributed by atoms with E-state index in [2.05, 4.69) is 25.4 Å². The number of nitrogens with zero attached hydrogens (tertiary/aromatic N) is 8. The molecule has 9 nitrogen and oxygen atoms in total. The Hall–Kier alpha value is -3.46. The molecule has 0 spiro atoms. The lowest BCUT2D eigenvalue weighted by atomic mass is 10.2. The van der Waals surface area contributed by atoms with Crippen molar-refractivity contribution in [3.05, 3.63) is 60.8 Å². The first-order valence-electron chi connectivity index (χ1n) is 9.31. The Kier molecular flexibility index (Phi) is 4.26. The van der Waals surface area contributed by atoms with E-state index in [9.17, 15) is 4.57 Å². The third-order valence-corrected chi connectivity index (χ3v) is 5.69. The highest BCUT2D eigenvalue weighted by atomic mass is 31.2. The highest BCUT2D eigenvalue weighted by molar-refractivity contribution is 7.61. The standard InChI is InChI=1S/C19H17F2N8OP/c1-31(2,30)12-28-10-13(8-23-28)16-9-22-17-18(24-16)29(26-25-17)19(20,21)14-5-6-15-4-3-7-27(15)11-14/h3-11H,12H2,1-2H3. The quantitative estimate of drug-likeness (QED) is 0.387. The Morgan fingerprint density at radius 1 is 1.13 bits per heavy atom. The molecule has 0 N–H and O–H groups in total. The van der Waals surface area contributed by atoms with E-state index in [1.807, 2.05) is 6.07 Å². The van der Waals surface area contributed by atoms with Gasteiger partial charge in [0.2, 0.25) is 11.3 Å². The van der Waals surface area contributed by atoms with E-state index in [-0.39, 0.29) is 23.1 Å². The Balaban J connectivity index is 1.56. The van der Waals surface area contributed by atoms with Crippen LogP contribution in [0.1, 0.15) is 5.56 Å². The van der Waals surface area contributed by atoms with Crippen molar-refractivity contribution >= 4 is 24.0 Å². The number of rotatable bonds is 5. The number of hydrogen-bond donors (Lipinski definition) is 0. The van der Waals surface area contributed by atoms with Crippen LogP contribution < -0.4 is 0 Å². The fourth-order valence-electron chi connectivity index (χ4n) is 3.30. The summed E-state index contributed by atoms with van der Waals surface area (Å²) >= 11 is 0. The monoisotopic (exact) mass is 442 g/mol. The molecular weight excluding hydrogens is 425 g/mol. The zero-order valence-electron chi connectivity index (χ0n) is 16.6. The van der Waals surface area contributed by atoms with Crippen LogP contribution in [0.25, 0.3) is 28.1 Å². The number of halogens is 2. The van der Waals surface area contributed by atoms with Gasteiger partial charge in [-0.05, 0) is 37.6 Å². The highest BCUT2D eigenvalue weighted by Gasteiger charge is 2.38. The summed E-state index contributed by atoms with van der Waals surface area (Å²) in [5.74, 6) is 0. The Morgan fingerprint density at radius 2 is 1.97 bits per heavy atom.